The zero-order chi connectivity index (χ0) is 12.3. The third kappa shape index (κ3) is 2.85. The van der Waals surface area contributed by atoms with Crippen LogP contribution in [0, 0.1) is 3.57 Å². The number of Topliss-reactive ketones (excluding diaryl/α,β-unsaturated/α-hetero) is 1. The Bertz CT molecular complexity index is 537. The molecule has 0 saturated carbocycles. The Labute approximate surface area is 113 Å². The van der Waals surface area contributed by atoms with Gasteiger partial charge < -0.3 is 4.74 Å². The molecule has 0 aliphatic rings. The monoisotopic (exact) mass is 342 g/mol. The molecule has 0 spiro atoms. The highest BCUT2D eigenvalue weighted by atomic mass is 127. The number of benzene rings is 1. The van der Waals surface area contributed by atoms with Gasteiger partial charge in [-0.2, -0.15) is 5.10 Å². The molecule has 0 radical (unpaired) electrons. The van der Waals surface area contributed by atoms with Crippen molar-refractivity contribution in [1.82, 2.24) is 9.78 Å². The number of nitrogens with zero attached hydrogens (tertiary/aromatic N) is 2. The molecule has 17 heavy (non-hydrogen) atoms. The fraction of sp³-hybridized carbons (Fsp3) is 0.167. The average molecular weight is 342 g/mol. The summed E-state index contributed by atoms with van der Waals surface area (Å²) < 4.78 is 7.79. The lowest BCUT2D eigenvalue weighted by Crippen LogP contribution is -2.11. The van der Waals surface area contributed by atoms with Crippen molar-refractivity contribution < 1.29 is 9.53 Å². The molecule has 88 valence electrons. The lowest BCUT2D eigenvalue weighted by molar-refractivity contribution is 0.0964. The van der Waals surface area contributed by atoms with Crippen LogP contribution in [0.15, 0.2) is 36.7 Å². The van der Waals surface area contributed by atoms with Crippen molar-refractivity contribution in [2.24, 2.45) is 0 Å². The van der Waals surface area contributed by atoms with E-state index >= 15 is 0 Å². The Morgan fingerprint density at radius 3 is 2.88 bits per heavy atom. The van der Waals surface area contributed by atoms with E-state index in [1.165, 1.54) is 0 Å². The van der Waals surface area contributed by atoms with Gasteiger partial charge in [0.05, 0.1) is 22.4 Å². The van der Waals surface area contributed by atoms with E-state index < -0.39 is 0 Å². The molecule has 2 aromatic rings. The van der Waals surface area contributed by atoms with E-state index in [1.807, 2.05) is 18.3 Å². The van der Waals surface area contributed by atoms with Crippen molar-refractivity contribution in [3.63, 3.8) is 0 Å². The quantitative estimate of drug-likeness (QED) is 0.633. The highest BCUT2D eigenvalue weighted by molar-refractivity contribution is 14.1. The van der Waals surface area contributed by atoms with E-state index in [1.54, 1.807) is 30.1 Å². The molecule has 0 aliphatic heterocycles. The van der Waals surface area contributed by atoms with Crippen molar-refractivity contribution >= 4 is 28.4 Å². The van der Waals surface area contributed by atoms with Crippen molar-refractivity contribution in [3.05, 3.63) is 45.8 Å². The molecule has 5 heteroatoms. The number of halogens is 1. The fourth-order valence-corrected chi connectivity index (χ4v) is 1.98. The zero-order valence-corrected chi connectivity index (χ0v) is 11.4. The Balaban J connectivity index is 2.20. The number of ketones is 1. The van der Waals surface area contributed by atoms with Crippen LogP contribution in [0.1, 0.15) is 10.4 Å². The maximum absolute atomic E-state index is 12.1. The van der Waals surface area contributed by atoms with Gasteiger partial charge in [0.15, 0.2) is 5.78 Å². The predicted molar refractivity (Wildman–Crippen MR) is 72.3 cm³/mol. The highest BCUT2D eigenvalue weighted by Crippen LogP contribution is 2.18. The summed E-state index contributed by atoms with van der Waals surface area (Å²) in [6.07, 6.45) is 3.55. The summed E-state index contributed by atoms with van der Waals surface area (Å²) in [5.41, 5.74) is 0.584. The van der Waals surface area contributed by atoms with Gasteiger partial charge in [0.1, 0.15) is 12.3 Å². The van der Waals surface area contributed by atoms with Gasteiger partial charge in [0.2, 0.25) is 0 Å². The normalized spacial score (nSPS) is 10.2. The van der Waals surface area contributed by atoms with Gasteiger partial charge in [-0.25, -0.2) is 0 Å². The molecule has 2 rings (SSSR count). The molecule has 1 heterocycles. The Kier molecular flexibility index (Phi) is 3.78. The van der Waals surface area contributed by atoms with Gasteiger partial charge in [-0.15, -0.1) is 0 Å². The summed E-state index contributed by atoms with van der Waals surface area (Å²) >= 11 is 2.16. The van der Waals surface area contributed by atoms with Crippen LogP contribution >= 0.6 is 22.6 Å². The summed E-state index contributed by atoms with van der Waals surface area (Å²) in [5, 5.41) is 4.08. The largest absolute Gasteiger partial charge is 0.496 e. The maximum atomic E-state index is 12.1. The number of aromatic nitrogens is 2. The van der Waals surface area contributed by atoms with E-state index in [-0.39, 0.29) is 12.3 Å². The molecule has 1 aromatic heterocycles. The summed E-state index contributed by atoms with van der Waals surface area (Å²) in [6, 6.07) is 7.20. The summed E-state index contributed by atoms with van der Waals surface area (Å²) in [5.74, 6) is 0.585. The first kappa shape index (κ1) is 12.1. The lowest BCUT2D eigenvalue weighted by atomic mass is 10.1. The minimum atomic E-state index is -0.0121. The zero-order valence-electron chi connectivity index (χ0n) is 9.26. The molecule has 0 saturated heterocycles. The Hall–Kier alpha value is -1.37. The van der Waals surface area contributed by atoms with Crippen molar-refractivity contribution in [3.8, 4) is 5.75 Å². The molecule has 0 fully saturated rings. The first-order valence-corrected chi connectivity index (χ1v) is 6.13. The van der Waals surface area contributed by atoms with E-state index in [0.29, 0.717) is 11.3 Å². The minimum absolute atomic E-state index is 0.0121. The predicted octanol–water partition coefficient (Wildman–Crippen LogP) is 2.38. The van der Waals surface area contributed by atoms with Crippen LogP contribution in [0.2, 0.25) is 0 Å². The van der Waals surface area contributed by atoms with Crippen molar-refractivity contribution in [1.29, 1.82) is 0 Å². The minimum Gasteiger partial charge on any atom is -0.496 e. The van der Waals surface area contributed by atoms with Crippen molar-refractivity contribution in [2.45, 2.75) is 6.54 Å². The fourth-order valence-electron chi connectivity index (χ4n) is 1.53. The van der Waals surface area contributed by atoms with Gasteiger partial charge in [-0.3, -0.25) is 9.48 Å². The molecule has 0 aliphatic carbocycles. The second kappa shape index (κ2) is 5.31. The molecular formula is C12H11IN2O2. The van der Waals surface area contributed by atoms with Crippen LogP contribution in [0.3, 0.4) is 0 Å². The summed E-state index contributed by atoms with van der Waals surface area (Å²) in [6.45, 7) is 0.226. The molecule has 0 bridgehead atoms. The van der Waals surface area contributed by atoms with Crippen LogP contribution in [-0.2, 0) is 6.54 Å². The lowest BCUT2D eigenvalue weighted by Gasteiger charge is -2.06. The number of ether oxygens (including phenoxy) is 1. The molecule has 4 nitrogen and oxygen atoms in total. The summed E-state index contributed by atoms with van der Waals surface area (Å²) in [7, 11) is 1.56. The average Bonchev–Trinajstić information content (AvgIpc) is 2.74. The van der Waals surface area contributed by atoms with Crippen molar-refractivity contribution in [2.75, 3.05) is 7.11 Å². The Morgan fingerprint density at radius 1 is 1.47 bits per heavy atom. The van der Waals surface area contributed by atoms with E-state index in [9.17, 15) is 4.79 Å². The van der Waals surface area contributed by atoms with Gasteiger partial charge >= 0.3 is 0 Å². The molecule has 0 atom stereocenters. The van der Waals surface area contributed by atoms with E-state index in [4.69, 9.17) is 4.74 Å². The number of methoxy groups -OCH3 is 1. The van der Waals surface area contributed by atoms with Crippen LogP contribution in [-0.4, -0.2) is 22.7 Å². The second-order valence-electron chi connectivity index (χ2n) is 3.48. The smallest absolute Gasteiger partial charge is 0.187 e. The highest BCUT2D eigenvalue weighted by Gasteiger charge is 2.12. The second-order valence-corrected chi connectivity index (χ2v) is 4.73. The van der Waals surface area contributed by atoms with Crippen LogP contribution in [0.4, 0.5) is 0 Å². The topological polar surface area (TPSA) is 44.1 Å². The molecule has 0 amide bonds. The van der Waals surface area contributed by atoms with Gasteiger partial charge in [-0.1, -0.05) is 12.1 Å². The molecule has 1 aromatic carbocycles. The molecule has 0 N–H and O–H groups in total. The van der Waals surface area contributed by atoms with E-state index in [0.717, 1.165) is 3.57 Å². The van der Waals surface area contributed by atoms with Crippen LogP contribution in [0.5, 0.6) is 5.75 Å². The number of para-hydroxylation sites is 1. The van der Waals surface area contributed by atoms with Gasteiger partial charge in [0.25, 0.3) is 0 Å². The number of hydrogen-bond donors (Lipinski definition) is 0. The number of carbonyl (C=O) groups excluding carboxylic acids is 1. The maximum Gasteiger partial charge on any atom is 0.187 e. The van der Waals surface area contributed by atoms with Crippen LogP contribution < -0.4 is 4.74 Å². The summed E-state index contributed by atoms with van der Waals surface area (Å²) in [4.78, 5) is 12.1. The molecular weight excluding hydrogens is 331 g/mol. The third-order valence-electron chi connectivity index (χ3n) is 2.31. The van der Waals surface area contributed by atoms with Gasteiger partial charge in [0, 0.05) is 6.20 Å². The number of rotatable bonds is 4. The molecule has 0 unspecified atom stereocenters. The number of carbonyl (C=O) groups is 1. The first-order chi connectivity index (χ1) is 8.20. The van der Waals surface area contributed by atoms with E-state index in [2.05, 4.69) is 27.7 Å². The SMILES string of the molecule is COc1ccccc1C(=O)Cn1cc(I)cn1. The number of hydrogen-bond acceptors (Lipinski definition) is 3. The Morgan fingerprint density at radius 2 is 2.24 bits per heavy atom. The van der Waals surface area contributed by atoms with Gasteiger partial charge in [-0.05, 0) is 34.7 Å². The van der Waals surface area contributed by atoms with Crippen LogP contribution in [0.25, 0.3) is 0 Å². The standard InChI is InChI=1S/C12H11IN2O2/c1-17-12-5-3-2-4-10(12)11(16)8-15-7-9(13)6-14-15/h2-7H,8H2,1H3. The third-order valence-corrected chi connectivity index (χ3v) is 2.87. The first-order valence-electron chi connectivity index (χ1n) is 5.05.